The Hall–Kier alpha value is -2.72. The van der Waals surface area contributed by atoms with E-state index in [4.69, 9.17) is 9.47 Å². The summed E-state index contributed by atoms with van der Waals surface area (Å²) < 4.78 is 13.4. The molecule has 0 aliphatic carbocycles. The molecule has 3 aromatic rings. The van der Waals surface area contributed by atoms with Crippen LogP contribution in [0.5, 0.6) is 11.5 Å². The second-order valence-corrected chi connectivity index (χ2v) is 7.49. The Morgan fingerprint density at radius 3 is 2.43 bits per heavy atom. The average Bonchev–Trinajstić information content (AvgIpc) is 3.09. The number of aryl methyl sites for hydroxylation is 2. The Bertz CT molecular complexity index is 925. The van der Waals surface area contributed by atoms with Gasteiger partial charge in [-0.25, -0.2) is 0 Å². The number of fused-ring (bicyclic) bond motifs is 1. The largest absolute Gasteiger partial charge is 0.497 e. The van der Waals surface area contributed by atoms with Crippen LogP contribution in [0.15, 0.2) is 60.8 Å². The summed E-state index contributed by atoms with van der Waals surface area (Å²) in [5.41, 5.74) is 5.20. The van der Waals surface area contributed by atoms with Crippen molar-refractivity contribution in [1.29, 1.82) is 0 Å². The van der Waals surface area contributed by atoms with Crippen molar-refractivity contribution in [3.63, 3.8) is 0 Å². The zero-order valence-corrected chi connectivity index (χ0v) is 16.9. The van der Waals surface area contributed by atoms with Gasteiger partial charge in [-0.2, -0.15) is 0 Å². The minimum Gasteiger partial charge on any atom is -0.497 e. The zero-order valence-electron chi connectivity index (χ0n) is 16.9. The molecule has 0 bridgehead atoms. The van der Waals surface area contributed by atoms with Crippen molar-refractivity contribution in [3.8, 4) is 11.5 Å². The van der Waals surface area contributed by atoms with E-state index in [9.17, 15) is 0 Å². The molecule has 0 saturated carbocycles. The van der Waals surface area contributed by atoms with Gasteiger partial charge in [0.15, 0.2) is 0 Å². The molecular weight excluding hydrogens is 348 g/mol. The molecule has 4 rings (SSSR count). The van der Waals surface area contributed by atoms with E-state index >= 15 is 0 Å². The number of benzene rings is 2. The monoisotopic (exact) mass is 376 g/mol. The van der Waals surface area contributed by atoms with Gasteiger partial charge in [0.2, 0.25) is 0 Å². The highest BCUT2D eigenvalue weighted by Crippen LogP contribution is 2.34. The molecule has 146 valence electrons. The van der Waals surface area contributed by atoms with Gasteiger partial charge in [-0.15, -0.1) is 0 Å². The molecule has 2 aromatic carbocycles. The second kappa shape index (κ2) is 8.11. The Morgan fingerprint density at radius 1 is 0.929 bits per heavy atom. The summed E-state index contributed by atoms with van der Waals surface area (Å²) in [5, 5.41) is 0. The third-order valence-corrected chi connectivity index (χ3v) is 5.51. The topological polar surface area (TPSA) is 26.6 Å². The van der Waals surface area contributed by atoms with Crippen LogP contribution in [0.2, 0.25) is 0 Å². The van der Waals surface area contributed by atoms with Gasteiger partial charge in [0.1, 0.15) is 11.5 Å². The van der Waals surface area contributed by atoms with Gasteiger partial charge < -0.3 is 14.0 Å². The first-order valence-corrected chi connectivity index (χ1v) is 9.85. The van der Waals surface area contributed by atoms with Crippen molar-refractivity contribution in [1.82, 2.24) is 9.47 Å². The van der Waals surface area contributed by atoms with Gasteiger partial charge in [-0.1, -0.05) is 29.8 Å². The van der Waals surface area contributed by atoms with E-state index in [0.29, 0.717) is 0 Å². The predicted molar refractivity (Wildman–Crippen MR) is 112 cm³/mol. The average molecular weight is 377 g/mol. The molecule has 4 heteroatoms. The van der Waals surface area contributed by atoms with Crippen LogP contribution in [0, 0.1) is 6.92 Å². The standard InChI is InChI=1S/C24H28N2O2/c1-18-7-4-8-20(13-18)24-23-9-5-10-25(23)11-6-12-26(24)17-19-14-21(27-2)16-22(15-19)28-3/h4-5,7-10,13-16,24H,6,11-12,17H2,1-3H3/t24-/m1/s1. The number of aromatic nitrogens is 1. The number of ether oxygens (including phenoxy) is 2. The molecule has 1 aromatic heterocycles. The van der Waals surface area contributed by atoms with Crippen LogP contribution >= 0.6 is 0 Å². The van der Waals surface area contributed by atoms with Crippen molar-refractivity contribution in [2.45, 2.75) is 32.5 Å². The SMILES string of the molecule is COc1cc(CN2CCCn3cccc3[C@H]2c2cccc(C)c2)cc(OC)c1. The van der Waals surface area contributed by atoms with E-state index in [0.717, 1.165) is 37.6 Å². The third-order valence-electron chi connectivity index (χ3n) is 5.51. The summed E-state index contributed by atoms with van der Waals surface area (Å²) in [6, 6.07) is 19.7. The molecular formula is C24H28N2O2. The Balaban J connectivity index is 1.74. The number of rotatable bonds is 5. The maximum absolute atomic E-state index is 5.48. The molecule has 0 unspecified atom stereocenters. The highest BCUT2D eigenvalue weighted by atomic mass is 16.5. The lowest BCUT2D eigenvalue weighted by Crippen LogP contribution is -2.29. The molecule has 2 heterocycles. The summed E-state index contributed by atoms with van der Waals surface area (Å²) in [4.78, 5) is 2.57. The summed E-state index contributed by atoms with van der Waals surface area (Å²) in [6.45, 7) is 5.11. The lowest BCUT2D eigenvalue weighted by atomic mass is 9.99. The molecule has 28 heavy (non-hydrogen) atoms. The fourth-order valence-electron chi connectivity index (χ4n) is 4.22. The van der Waals surface area contributed by atoms with E-state index in [1.807, 2.05) is 6.07 Å². The van der Waals surface area contributed by atoms with Crippen molar-refractivity contribution >= 4 is 0 Å². The first-order chi connectivity index (χ1) is 13.7. The molecule has 0 radical (unpaired) electrons. The van der Waals surface area contributed by atoms with Crippen LogP contribution in [0.25, 0.3) is 0 Å². The van der Waals surface area contributed by atoms with E-state index in [1.54, 1.807) is 14.2 Å². The molecule has 4 nitrogen and oxygen atoms in total. The minimum absolute atomic E-state index is 0.231. The number of hydrogen-bond donors (Lipinski definition) is 0. The fraction of sp³-hybridized carbons (Fsp3) is 0.333. The smallest absolute Gasteiger partial charge is 0.122 e. The van der Waals surface area contributed by atoms with Crippen LogP contribution in [0.3, 0.4) is 0 Å². The summed E-state index contributed by atoms with van der Waals surface area (Å²) in [6.07, 6.45) is 3.33. The van der Waals surface area contributed by atoms with Gasteiger partial charge in [0.05, 0.1) is 20.3 Å². The number of nitrogens with zero attached hydrogens (tertiary/aromatic N) is 2. The molecule has 0 amide bonds. The molecule has 0 spiro atoms. The van der Waals surface area contributed by atoms with Crippen molar-refractivity contribution in [2.24, 2.45) is 0 Å². The molecule has 1 aliphatic heterocycles. The van der Waals surface area contributed by atoms with E-state index < -0.39 is 0 Å². The Kier molecular flexibility index (Phi) is 5.40. The van der Waals surface area contributed by atoms with Gasteiger partial charge >= 0.3 is 0 Å². The second-order valence-electron chi connectivity index (χ2n) is 7.49. The highest BCUT2D eigenvalue weighted by Gasteiger charge is 2.27. The molecule has 1 atom stereocenters. The van der Waals surface area contributed by atoms with Crippen LogP contribution < -0.4 is 9.47 Å². The minimum atomic E-state index is 0.231. The van der Waals surface area contributed by atoms with E-state index in [2.05, 4.69) is 71.1 Å². The fourth-order valence-corrected chi connectivity index (χ4v) is 4.22. The first kappa shape index (κ1) is 18.6. The molecule has 0 N–H and O–H groups in total. The third kappa shape index (κ3) is 3.78. The molecule has 0 saturated heterocycles. The van der Waals surface area contributed by atoms with Crippen molar-refractivity contribution in [2.75, 3.05) is 20.8 Å². The summed E-state index contributed by atoms with van der Waals surface area (Å²) in [7, 11) is 3.40. The summed E-state index contributed by atoms with van der Waals surface area (Å²) >= 11 is 0. The van der Waals surface area contributed by atoms with Crippen LogP contribution in [0.4, 0.5) is 0 Å². The number of hydrogen-bond acceptors (Lipinski definition) is 3. The van der Waals surface area contributed by atoms with Gasteiger partial charge in [0.25, 0.3) is 0 Å². The van der Waals surface area contributed by atoms with E-state index in [-0.39, 0.29) is 6.04 Å². The van der Waals surface area contributed by atoms with Crippen molar-refractivity contribution < 1.29 is 9.47 Å². The maximum atomic E-state index is 5.48. The van der Waals surface area contributed by atoms with Crippen LogP contribution in [-0.4, -0.2) is 30.2 Å². The Morgan fingerprint density at radius 2 is 1.71 bits per heavy atom. The maximum Gasteiger partial charge on any atom is 0.122 e. The Labute approximate surface area is 167 Å². The first-order valence-electron chi connectivity index (χ1n) is 9.85. The van der Waals surface area contributed by atoms with Crippen molar-refractivity contribution in [3.05, 3.63) is 83.2 Å². The lowest BCUT2D eigenvalue weighted by Gasteiger charge is -2.31. The number of methoxy groups -OCH3 is 2. The van der Waals surface area contributed by atoms with Gasteiger partial charge in [0, 0.05) is 37.6 Å². The molecule has 1 aliphatic rings. The molecule has 0 fully saturated rings. The van der Waals surface area contributed by atoms with Crippen LogP contribution in [-0.2, 0) is 13.1 Å². The van der Waals surface area contributed by atoms with Gasteiger partial charge in [-0.05, 0) is 48.7 Å². The van der Waals surface area contributed by atoms with E-state index in [1.165, 1.54) is 22.4 Å². The van der Waals surface area contributed by atoms with Gasteiger partial charge in [-0.3, -0.25) is 4.90 Å². The zero-order chi connectivity index (χ0) is 19.5. The highest BCUT2D eigenvalue weighted by molar-refractivity contribution is 5.39. The predicted octanol–water partition coefficient (Wildman–Crippen LogP) is 4.81. The van der Waals surface area contributed by atoms with Crippen LogP contribution in [0.1, 0.15) is 34.8 Å². The quantitative estimate of drug-likeness (QED) is 0.639. The lowest BCUT2D eigenvalue weighted by molar-refractivity contribution is 0.219. The normalized spacial score (nSPS) is 17.0. The summed E-state index contributed by atoms with van der Waals surface area (Å²) in [5.74, 6) is 1.67.